The van der Waals surface area contributed by atoms with Crippen LogP contribution in [0, 0.1) is 11.3 Å². The Labute approximate surface area is 117 Å². The number of hydrogen-bond acceptors (Lipinski definition) is 5. The number of rotatable bonds is 2. The molecule has 0 bridgehead atoms. The van der Waals surface area contributed by atoms with E-state index in [4.69, 9.17) is 21.3 Å². The van der Waals surface area contributed by atoms with Gasteiger partial charge in [-0.25, -0.2) is 4.98 Å². The second kappa shape index (κ2) is 4.67. The quantitative estimate of drug-likeness (QED) is 0.729. The molecule has 1 aromatic carbocycles. The number of benzene rings is 1. The highest BCUT2D eigenvalue weighted by Gasteiger charge is 2.14. The molecule has 0 spiro atoms. The lowest BCUT2D eigenvalue weighted by atomic mass is 10.3. The summed E-state index contributed by atoms with van der Waals surface area (Å²) in [6.45, 7) is 0. The number of halogens is 1. The molecule has 0 aliphatic heterocycles. The largest absolute Gasteiger partial charge is 0.455 e. The van der Waals surface area contributed by atoms with E-state index in [2.05, 4.69) is 4.98 Å². The van der Waals surface area contributed by atoms with E-state index in [-0.39, 0.29) is 5.76 Å². The fraction of sp³-hybridized carbons (Fsp3) is 0.0769. The predicted molar refractivity (Wildman–Crippen MR) is 72.9 cm³/mol. The van der Waals surface area contributed by atoms with Crippen LogP contribution in [-0.4, -0.2) is 10.1 Å². The predicted octanol–water partition coefficient (Wildman–Crippen LogP) is 3.77. The first-order valence-electron chi connectivity index (χ1n) is 5.41. The van der Waals surface area contributed by atoms with Gasteiger partial charge in [0.05, 0.1) is 10.2 Å². The number of thiazole rings is 1. The lowest BCUT2D eigenvalue weighted by Gasteiger charge is -1.94. The highest BCUT2D eigenvalue weighted by molar-refractivity contribution is 7.21. The number of furan rings is 1. The van der Waals surface area contributed by atoms with E-state index < -0.39 is 6.10 Å². The highest BCUT2D eigenvalue weighted by atomic mass is 35.5. The molecule has 1 N–H and O–H groups in total. The fourth-order valence-electron chi connectivity index (χ4n) is 1.68. The molecule has 0 fully saturated rings. The van der Waals surface area contributed by atoms with Crippen molar-refractivity contribution in [1.82, 2.24) is 4.98 Å². The van der Waals surface area contributed by atoms with Crippen LogP contribution in [0.4, 0.5) is 0 Å². The Morgan fingerprint density at radius 2 is 2.21 bits per heavy atom. The number of fused-ring (bicyclic) bond motifs is 1. The highest BCUT2D eigenvalue weighted by Crippen LogP contribution is 2.33. The van der Waals surface area contributed by atoms with Crippen molar-refractivity contribution in [3.63, 3.8) is 0 Å². The SMILES string of the molecule is N#C[C@H](O)c1ccc(-c2nc3ccc(Cl)cc3s2)o1. The zero-order chi connectivity index (χ0) is 13.4. The van der Waals surface area contributed by atoms with Crippen molar-refractivity contribution in [3.05, 3.63) is 41.1 Å². The van der Waals surface area contributed by atoms with Crippen LogP contribution in [0.15, 0.2) is 34.7 Å². The fourth-order valence-corrected chi connectivity index (χ4v) is 2.89. The standard InChI is InChI=1S/C13H7ClN2O2S/c14-7-1-2-8-12(5-7)19-13(16-8)11-4-3-10(18-11)9(17)6-15/h1-5,9,17H/t9-/m0/s1. The number of aliphatic hydroxyl groups is 1. The summed E-state index contributed by atoms with van der Waals surface area (Å²) in [6, 6.07) is 10.4. The number of nitrogens with zero attached hydrogens (tertiary/aromatic N) is 2. The van der Waals surface area contributed by atoms with Crippen molar-refractivity contribution >= 4 is 33.2 Å². The summed E-state index contributed by atoms with van der Waals surface area (Å²) in [5, 5.41) is 19.3. The van der Waals surface area contributed by atoms with Gasteiger partial charge in [-0.15, -0.1) is 11.3 Å². The topological polar surface area (TPSA) is 70.0 Å². The molecule has 0 radical (unpaired) electrons. The minimum atomic E-state index is -1.25. The molecule has 6 heteroatoms. The van der Waals surface area contributed by atoms with Crippen LogP contribution < -0.4 is 0 Å². The van der Waals surface area contributed by atoms with Crippen LogP contribution >= 0.6 is 22.9 Å². The van der Waals surface area contributed by atoms with Gasteiger partial charge >= 0.3 is 0 Å². The summed E-state index contributed by atoms with van der Waals surface area (Å²) in [7, 11) is 0. The summed E-state index contributed by atoms with van der Waals surface area (Å²) >= 11 is 7.37. The lowest BCUT2D eigenvalue weighted by molar-refractivity contribution is 0.205. The van der Waals surface area contributed by atoms with Gasteiger partial charge in [-0.2, -0.15) is 5.26 Å². The van der Waals surface area contributed by atoms with E-state index in [0.29, 0.717) is 15.8 Å². The second-order valence-corrected chi connectivity index (χ2v) is 5.33. The normalized spacial score (nSPS) is 12.5. The van der Waals surface area contributed by atoms with Crippen molar-refractivity contribution in [2.45, 2.75) is 6.10 Å². The smallest absolute Gasteiger partial charge is 0.198 e. The van der Waals surface area contributed by atoms with Crippen LogP contribution in [0.5, 0.6) is 0 Å². The summed E-state index contributed by atoms with van der Waals surface area (Å²) in [5.41, 5.74) is 0.836. The summed E-state index contributed by atoms with van der Waals surface area (Å²) in [4.78, 5) is 4.42. The van der Waals surface area contributed by atoms with Crippen molar-refractivity contribution in [3.8, 4) is 16.8 Å². The van der Waals surface area contributed by atoms with Crippen LogP contribution in [0.3, 0.4) is 0 Å². The summed E-state index contributed by atoms with van der Waals surface area (Å²) in [5.74, 6) is 0.747. The first-order valence-corrected chi connectivity index (χ1v) is 6.61. The van der Waals surface area contributed by atoms with E-state index in [1.165, 1.54) is 11.3 Å². The zero-order valence-electron chi connectivity index (χ0n) is 9.50. The Hall–Kier alpha value is -1.87. The van der Waals surface area contributed by atoms with Crippen molar-refractivity contribution < 1.29 is 9.52 Å². The third-order valence-electron chi connectivity index (χ3n) is 2.58. The molecule has 0 amide bonds. The minimum Gasteiger partial charge on any atom is -0.455 e. The van der Waals surface area contributed by atoms with Gasteiger partial charge < -0.3 is 9.52 Å². The van der Waals surface area contributed by atoms with Gasteiger partial charge in [0, 0.05) is 5.02 Å². The van der Waals surface area contributed by atoms with Gasteiger partial charge in [-0.1, -0.05) is 11.6 Å². The van der Waals surface area contributed by atoms with Gasteiger partial charge in [0.1, 0.15) is 11.8 Å². The second-order valence-electron chi connectivity index (χ2n) is 3.86. The van der Waals surface area contributed by atoms with Crippen LogP contribution in [-0.2, 0) is 0 Å². The first-order chi connectivity index (χ1) is 9.17. The molecule has 0 unspecified atom stereocenters. The third kappa shape index (κ3) is 2.22. The maximum atomic E-state index is 9.38. The molecule has 3 aromatic rings. The first kappa shape index (κ1) is 12.2. The van der Waals surface area contributed by atoms with Crippen LogP contribution in [0.25, 0.3) is 21.0 Å². The molecular weight excluding hydrogens is 284 g/mol. The molecular formula is C13H7ClN2O2S. The maximum Gasteiger partial charge on any atom is 0.198 e. The van der Waals surface area contributed by atoms with Gasteiger partial charge in [0.15, 0.2) is 16.9 Å². The van der Waals surface area contributed by atoms with Gasteiger partial charge in [0.2, 0.25) is 0 Å². The Bertz CT molecular complexity index is 787. The average molecular weight is 291 g/mol. The van der Waals surface area contributed by atoms with Crippen LogP contribution in [0.2, 0.25) is 5.02 Å². The van der Waals surface area contributed by atoms with E-state index in [1.54, 1.807) is 24.3 Å². The minimum absolute atomic E-state index is 0.217. The van der Waals surface area contributed by atoms with E-state index in [9.17, 15) is 5.11 Å². The molecule has 0 saturated heterocycles. The summed E-state index contributed by atoms with van der Waals surface area (Å²) in [6.07, 6.45) is -1.25. The molecule has 0 saturated carbocycles. The Kier molecular flexibility index (Phi) is 2.99. The van der Waals surface area contributed by atoms with Crippen molar-refractivity contribution in [2.75, 3.05) is 0 Å². The molecule has 4 nitrogen and oxygen atoms in total. The number of hydrogen-bond donors (Lipinski definition) is 1. The third-order valence-corrected chi connectivity index (χ3v) is 3.85. The molecule has 0 aliphatic rings. The number of aliphatic hydroxyl groups excluding tert-OH is 1. The molecule has 19 heavy (non-hydrogen) atoms. The number of aromatic nitrogens is 1. The zero-order valence-corrected chi connectivity index (χ0v) is 11.1. The molecule has 1 atom stereocenters. The van der Waals surface area contributed by atoms with Gasteiger partial charge in [0.25, 0.3) is 0 Å². The Morgan fingerprint density at radius 1 is 1.37 bits per heavy atom. The van der Waals surface area contributed by atoms with Crippen molar-refractivity contribution in [2.24, 2.45) is 0 Å². The molecule has 0 aliphatic carbocycles. The average Bonchev–Trinajstić information content (AvgIpc) is 3.03. The Balaban J connectivity index is 2.04. The number of nitriles is 1. The molecule has 3 rings (SSSR count). The summed E-state index contributed by atoms with van der Waals surface area (Å²) < 4.78 is 6.38. The van der Waals surface area contributed by atoms with Crippen molar-refractivity contribution in [1.29, 1.82) is 5.26 Å². The molecule has 2 aromatic heterocycles. The monoisotopic (exact) mass is 290 g/mol. The van der Waals surface area contributed by atoms with E-state index in [0.717, 1.165) is 10.2 Å². The molecule has 2 heterocycles. The van der Waals surface area contributed by atoms with E-state index in [1.807, 2.05) is 12.1 Å². The maximum absolute atomic E-state index is 9.38. The van der Waals surface area contributed by atoms with Crippen LogP contribution in [0.1, 0.15) is 11.9 Å². The molecule has 94 valence electrons. The van der Waals surface area contributed by atoms with Gasteiger partial charge in [-0.3, -0.25) is 0 Å². The lowest BCUT2D eigenvalue weighted by Crippen LogP contribution is -1.88. The van der Waals surface area contributed by atoms with E-state index >= 15 is 0 Å². The Morgan fingerprint density at radius 3 is 3.00 bits per heavy atom. The van der Waals surface area contributed by atoms with Gasteiger partial charge in [-0.05, 0) is 30.3 Å².